The summed E-state index contributed by atoms with van der Waals surface area (Å²) in [5.41, 5.74) is 0.553. The van der Waals surface area contributed by atoms with Crippen LogP contribution in [0, 0.1) is 10.1 Å². The van der Waals surface area contributed by atoms with Gasteiger partial charge < -0.3 is 15.4 Å². The number of hydrogen-bond acceptors (Lipinski definition) is 5. The van der Waals surface area contributed by atoms with E-state index < -0.39 is 10.8 Å². The second-order valence-electron chi connectivity index (χ2n) is 4.97. The number of nitrogens with one attached hydrogen (secondary N) is 2. The van der Waals surface area contributed by atoms with Crippen molar-refractivity contribution < 1.29 is 19.2 Å². The lowest BCUT2D eigenvalue weighted by atomic mass is 10.3. The number of amides is 2. The summed E-state index contributed by atoms with van der Waals surface area (Å²) >= 11 is 5.71. The SMILES string of the molecule is CC(=O)Nc1ccc(OCC(=O)Nc2ccc(Cl)c([N+](=O)[O-])c2)cc1. The average molecular weight is 364 g/mol. The molecule has 2 N–H and O–H groups in total. The Bertz CT molecular complexity index is 808. The van der Waals surface area contributed by atoms with Gasteiger partial charge in [-0.15, -0.1) is 0 Å². The third-order valence-electron chi connectivity index (χ3n) is 2.97. The van der Waals surface area contributed by atoms with E-state index in [0.717, 1.165) is 0 Å². The first kappa shape index (κ1) is 18.2. The highest BCUT2D eigenvalue weighted by Gasteiger charge is 2.14. The largest absolute Gasteiger partial charge is 0.484 e. The number of carbonyl (C=O) groups excluding carboxylic acids is 2. The smallest absolute Gasteiger partial charge is 0.289 e. The van der Waals surface area contributed by atoms with Crippen molar-refractivity contribution in [3.8, 4) is 5.75 Å². The quantitative estimate of drug-likeness (QED) is 0.604. The molecular weight excluding hydrogens is 350 g/mol. The van der Waals surface area contributed by atoms with Crippen molar-refractivity contribution in [2.45, 2.75) is 6.92 Å². The lowest BCUT2D eigenvalue weighted by Gasteiger charge is -2.08. The predicted octanol–water partition coefficient (Wildman–Crippen LogP) is 3.22. The summed E-state index contributed by atoms with van der Waals surface area (Å²) in [4.78, 5) is 33.0. The molecule has 0 aliphatic carbocycles. The van der Waals surface area contributed by atoms with Gasteiger partial charge in [-0.3, -0.25) is 19.7 Å². The minimum absolute atomic E-state index is 0.0153. The molecule has 0 heterocycles. The Morgan fingerprint density at radius 3 is 2.36 bits per heavy atom. The molecule has 0 bridgehead atoms. The molecule has 0 fully saturated rings. The van der Waals surface area contributed by atoms with E-state index in [1.165, 1.54) is 25.1 Å². The van der Waals surface area contributed by atoms with E-state index in [0.29, 0.717) is 11.4 Å². The standard InChI is InChI=1S/C16H14ClN3O5/c1-10(21)18-11-2-5-13(6-3-11)25-9-16(22)19-12-4-7-14(17)15(8-12)20(23)24/h2-8H,9H2,1H3,(H,18,21)(H,19,22). The third-order valence-corrected chi connectivity index (χ3v) is 3.29. The molecule has 0 saturated carbocycles. The van der Waals surface area contributed by atoms with Gasteiger partial charge in [-0.25, -0.2) is 0 Å². The van der Waals surface area contributed by atoms with Crippen LogP contribution < -0.4 is 15.4 Å². The molecule has 0 spiro atoms. The number of hydrogen-bond donors (Lipinski definition) is 2. The Morgan fingerprint density at radius 1 is 1.12 bits per heavy atom. The lowest BCUT2D eigenvalue weighted by molar-refractivity contribution is -0.384. The molecule has 8 nitrogen and oxygen atoms in total. The van der Waals surface area contributed by atoms with Crippen molar-refractivity contribution in [2.75, 3.05) is 17.2 Å². The molecule has 2 aromatic rings. The molecule has 0 aliphatic heterocycles. The summed E-state index contributed by atoms with van der Waals surface area (Å²) in [7, 11) is 0. The number of nitrogens with zero attached hydrogens (tertiary/aromatic N) is 1. The molecule has 0 aliphatic rings. The molecule has 25 heavy (non-hydrogen) atoms. The maximum absolute atomic E-state index is 11.9. The van der Waals surface area contributed by atoms with Gasteiger partial charge in [-0.05, 0) is 36.4 Å². The summed E-state index contributed by atoms with van der Waals surface area (Å²) in [6, 6.07) is 10.4. The zero-order valence-electron chi connectivity index (χ0n) is 13.1. The van der Waals surface area contributed by atoms with Crippen LogP contribution in [0.2, 0.25) is 5.02 Å². The molecule has 130 valence electrons. The van der Waals surface area contributed by atoms with Crippen LogP contribution >= 0.6 is 11.6 Å². The van der Waals surface area contributed by atoms with E-state index in [-0.39, 0.29) is 28.9 Å². The van der Waals surface area contributed by atoms with Gasteiger partial charge >= 0.3 is 0 Å². The van der Waals surface area contributed by atoms with E-state index >= 15 is 0 Å². The van der Waals surface area contributed by atoms with Gasteiger partial charge in [0.15, 0.2) is 6.61 Å². The first-order valence-electron chi connectivity index (χ1n) is 7.09. The third kappa shape index (κ3) is 5.47. The van der Waals surface area contributed by atoms with Crippen molar-refractivity contribution in [3.05, 3.63) is 57.6 Å². The number of anilines is 2. The van der Waals surface area contributed by atoms with Gasteiger partial charge in [0.05, 0.1) is 4.92 Å². The van der Waals surface area contributed by atoms with Gasteiger partial charge in [0.2, 0.25) is 5.91 Å². The number of rotatable bonds is 6. The maximum Gasteiger partial charge on any atom is 0.289 e. The summed E-state index contributed by atoms with van der Waals surface area (Å²) in [6.45, 7) is 1.12. The number of halogens is 1. The highest BCUT2D eigenvalue weighted by atomic mass is 35.5. The molecular formula is C16H14ClN3O5. The van der Waals surface area contributed by atoms with E-state index in [2.05, 4.69) is 10.6 Å². The van der Waals surface area contributed by atoms with Gasteiger partial charge in [0, 0.05) is 24.4 Å². The molecule has 2 amide bonds. The normalized spacial score (nSPS) is 10.0. The first-order chi connectivity index (χ1) is 11.8. The Balaban J connectivity index is 1.91. The zero-order chi connectivity index (χ0) is 18.4. The van der Waals surface area contributed by atoms with Gasteiger partial charge in [-0.1, -0.05) is 11.6 Å². The van der Waals surface area contributed by atoms with Crippen LogP contribution in [0.25, 0.3) is 0 Å². The summed E-state index contributed by atoms with van der Waals surface area (Å²) in [5, 5.41) is 15.9. The second kappa shape index (κ2) is 8.11. The molecule has 2 aromatic carbocycles. The average Bonchev–Trinajstić information content (AvgIpc) is 2.55. The topological polar surface area (TPSA) is 111 Å². The van der Waals surface area contributed by atoms with Crippen molar-refractivity contribution in [2.24, 2.45) is 0 Å². The fourth-order valence-electron chi connectivity index (χ4n) is 1.91. The van der Waals surface area contributed by atoms with Crippen LogP contribution in [-0.4, -0.2) is 23.3 Å². The van der Waals surface area contributed by atoms with E-state index in [1.54, 1.807) is 24.3 Å². The molecule has 2 rings (SSSR count). The van der Waals surface area contributed by atoms with Gasteiger partial charge in [0.1, 0.15) is 10.8 Å². The van der Waals surface area contributed by atoms with Gasteiger partial charge in [0.25, 0.3) is 11.6 Å². The Labute approximate surface area is 147 Å². The summed E-state index contributed by atoms with van der Waals surface area (Å²) < 4.78 is 5.32. The Kier molecular flexibility index (Phi) is 5.91. The molecule has 9 heteroatoms. The van der Waals surface area contributed by atoms with Crippen LogP contribution in [0.4, 0.5) is 17.1 Å². The Morgan fingerprint density at radius 2 is 1.76 bits per heavy atom. The van der Waals surface area contributed by atoms with E-state index in [1.807, 2.05) is 0 Å². The van der Waals surface area contributed by atoms with Crippen LogP contribution in [0.5, 0.6) is 5.75 Å². The lowest BCUT2D eigenvalue weighted by Crippen LogP contribution is -2.20. The highest BCUT2D eigenvalue weighted by Crippen LogP contribution is 2.27. The molecule has 0 atom stereocenters. The van der Waals surface area contributed by atoms with Crippen molar-refractivity contribution in [1.82, 2.24) is 0 Å². The summed E-state index contributed by atoms with van der Waals surface area (Å²) in [6.07, 6.45) is 0. The first-order valence-corrected chi connectivity index (χ1v) is 7.47. The minimum Gasteiger partial charge on any atom is -0.484 e. The number of nitro benzene ring substituents is 1. The fourth-order valence-corrected chi connectivity index (χ4v) is 2.10. The minimum atomic E-state index is -0.634. The van der Waals surface area contributed by atoms with Gasteiger partial charge in [-0.2, -0.15) is 0 Å². The monoisotopic (exact) mass is 363 g/mol. The predicted molar refractivity (Wildman–Crippen MR) is 93.0 cm³/mol. The number of nitro groups is 1. The number of benzene rings is 2. The van der Waals surface area contributed by atoms with Crippen LogP contribution in [0.1, 0.15) is 6.92 Å². The molecule has 0 saturated heterocycles. The summed E-state index contributed by atoms with van der Waals surface area (Å²) in [5.74, 6) is -0.237. The fraction of sp³-hybridized carbons (Fsp3) is 0.125. The van der Waals surface area contributed by atoms with E-state index in [9.17, 15) is 19.7 Å². The molecule has 0 radical (unpaired) electrons. The zero-order valence-corrected chi connectivity index (χ0v) is 13.9. The second-order valence-corrected chi connectivity index (χ2v) is 5.37. The van der Waals surface area contributed by atoms with E-state index in [4.69, 9.17) is 16.3 Å². The van der Waals surface area contributed by atoms with Crippen LogP contribution in [-0.2, 0) is 9.59 Å². The molecule has 0 aromatic heterocycles. The maximum atomic E-state index is 11.9. The molecule has 0 unspecified atom stereocenters. The van der Waals surface area contributed by atoms with Crippen molar-refractivity contribution in [1.29, 1.82) is 0 Å². The van der Waals surface area contributed by atoms with Crippen molar-refractivity contribution >= 4 is 40.5 Å². The van der Waals surface area contributed by atoms with Crippen LogP contribution in [0.3, 0.4) is 0 Å². The van der Waals surface area contributed by atoms with Crippen molar-refractivity contribution in [3.63, 3.8) is 0 Å². The van der Waals surface area contributed by atoms with Crippen LogP contribution in [0.15, 0.2) is 42.5 Å². The number of ether oxygens (including phenoxy) is 1. The highest BCUT2D eigenvalue weighted by molar-refractivity contribution is 6.32. The number of carbonyl (C=O) groups is 2. The Hall–Kier alpha value is -3.13.